The molecule has 1 aromatic rings. The highest BCUT2D eigenvalue weighted by atomic mass is 79.9. The van der Waals surface area contributed by atoms with Crippen LogP contribution in [0.5, 0.6) is 5.75 Å². The number of hydrogen-bond acceptors (Lipinski definition) is 1. The number of alkyl halides is 3. The molecule has 1 aromatic carbocycles. The van der Waals surface area contributed by atoms with E-state index in [0.717, 1.165) is 12.1 Å². The van der Waals surface area contributed by atoms with Crippen LogP contribution in [0.15, 0.2) is 16.6 Å². The lowest BCUT2D eigenvalue weighted by Gasteiger charge is -2.13. The van der Waals surface area contributed by atoms with Crippen LogP contribution in [-0.4, -0.2) is 6.36 Å². The monoisotopic (exact) mass is 272 g/mol. The maximum absolute atomic E-state index is 12.9. The Hall–Kier alpha value is -0.780. The molecule has 14 heavy (non-hydrogen) atoms. The molecule has 0 aromatic heterocycles. The molecule has 0 heterocycles. The van der Waals surface area contributed by atoms with Gasteiger partial charge in [-0.25, -0.2) is 4.39 Å². The van der Waals surface area contributed by atoms with Gasteiger partial charge in [0.25, 0.3) is 0 Å². The molecule has 0 aliphatic rings. The Morgan fingerprint density at radius 2 is 1.86 bits per heavy atom. The average Bonchev–Trinajstić information content (AvgIpc) is 2.04. The van der Waals surface area contributed by atoms with Crippen LogP contribution in [0.4, 0.5) is 17.6 Å². The minimum atomic E-state index is -4.82. The second-order valence-corrected chi connectivity index (χ2v) is 3.39. The lowest BCUT2D eigenvalue weighted by atomic mass is 10.2. The molecule has 0 bridgehead atoms. The minimum Gasteiger partial charge on any atom is -0.404 e. The van der Waals surface area contributed by atoms with Gasteiger partial charge >= 0.3 is 6.36 Å². The number of hydrogen-bond donors (Lipinski definition) is 0. The molecule has 0 amide bonds. The van der Waals surface area contributed by atoms with Gasteiger partial charge in [-0.2, -0.15) is 0 Å². The zero-order valence-electron chi connectivity index (χ0n) is 6.95. The third kappa shape index (κ3) is 2.60. The zero-order chi connectivity index (χ0) is 10.9. The Bertz CT molecular complexity index is 348. The summed E-state index contributed by atoms with van der Waals surface area (Å²) in [6, 6.07) is 2.21. The van der Waals surface area contributed by atoms with E-state index in [4.69, 9.17) is 0 Å². The summed E-state index contributed by atoms with van der Waals surface area (Å²) in [6.07, 6.45) is -4.82. The van der Waals surface area contributed by atoms with Gasteiger partial charge in [-0.1, -0.05) is 0 Å². The average molecular weight is 273 g/mol. The highest BCUT2D eigenvalue weighted by Crippen LogP contribution is 2.34. The van der Waals surface area contributed by atoms with E-state index in [0.29, 0.717) is 0 Å². The van der Waals surface area contributed by atoms with Crippen molar-refractivity contribution in [2.75, 3.05) is 0 Å². The summed E-state index contributed by atoms with van der Waals surface area (Å²) in [7, 11) is 0. The molecule has 0 saturated carbocycles. The van der Waals surface area contributed by atoms with E-state index >= 15 is 0 Å². The third-order valence-corrected chi connectivity index (χ3v) is 2.13. The van der Waals surface area contributed by atoms with Gasteiger partial charge in [0.05, 0.1) is 4.47 Å². The molecule has 0 unspecified atom stereocenters. The van der Waals surface area contributed by atoms with Gasteiger partial charge in [0.1, 0.15) is 11.6 Å². The van der Waals surface area contributed by atoms with Crippen molar-refractivity contribution in [1.29, 1.82) is 0 Å². The number of rotatable bonds is 1. The van der Waals surface area contributed by atoms with Crippen LogP contribution in [0.1, 0.15) is 5.56 Å². The summed E-state index contributed by atoms with van der Waals surface area (Å²) in [5.74, 6) is -1.29. The van der Waals surface area contributed by atoms with Crippen molar-refractivity contribution in [2.45, 2.75) is 13.3 Å². The van der Waals surface area contributed by atoms with Gasteiger partial charge in [0, 0.05) is 5.56 Å². The molecule has 0 saturated heterocycles. The summed E-state index contributed by atoms with van der Waals surface area (Å²) < 4.78 is 52.2. The van der Waals surface area contributed by atoms with Crippen LogP contribution in [0, 0.1) is 12.7 Å². The van der Waals surface area contributed by atoms with Crippen LogP contribution < -0.4 is 4.74 Å². The molecule has 1 rings (SSSR count). The lowest BCUT2D eigenvalue weighted by molar-refractivity contribution is -0.275. The summed E-state index contributed by atoms with van der Waals surface area (Å²) in [5, 5.41) is 0. The van der Waals surface area contributed by atoms with Crippen LogP contribution in [0.3, 0.4) is 0 Å². The summed E-state index contributed by atoms with van der Waals surface area (Å²) in [4.78, 5) is 0. The van der Waals surface area contributed by atoms with E-state index in [-0.39, 0.29) is 10.0 Å². The number of ether oxygens (including phenoxy) is 1. The molecule has 0 aliphatic carbocycles. The first-order valence-electron chi connectivity index (χ1n) is 3.51. The fourth-order valence-corrected chi connectivity index (χ4v) is 1.39. The Balaban J connectivity index is 3.13. The third-order valence-electron chi connectivity index (χ3n) is 1.51. The van der Waals surface area contributed by atoms with E-state index in [1.54, 1.807) is 0 Å². The van der Waals surface area contributed by atoms with Crippen LogP contribution in [-0.2, 0) is 0 Å². The van der Waals surface area contributed by atoms with Gasteiger partial charge in [0.15, 0.2) is 0 Å². The molecule has 0 spiro atoms. The van der Waals surface area contributed by atoms with Crippen LogP contribution in [0.25, 0.3) is 0 Å². The molecule has 6 heteroatoms. The number of halogens is 5. The first-order chi connectivity index (χ1) is 6.31. The van der Waals surface area contributed by atoms with E-state index in [1.807, 2.05) is 0 Å². The van der Waals surface area contributed by atoms with Crippen molar-refractivity contribution in [3.8, 4) is 5.75 Å². The van der Waals surface area contributed by atoms with Crippen molar-refractivity contribution < 1.29 is 22.3 Å². The second-order valence-electron chi connectivity index (χ2n) is 2.53. The van der Waals surface area contributed by atoms with Crippen LogP contribution >= 0.6 is 15.9 Å². The Kier molecular flexibility index (Phi) is 3.04. The lowest BCUT2D eigenvalue weighted by Crippen LogP contribution is -2.18. The number of benzene rings is 1. The highest BCUT2D eigenvalue weighted by molar-refractivity contribution is 9.10. The molecule has 0 fully saturated rings. The van der Waals surface area contributed by atoms with Gasteiger partial charge in [-0.05, 0) is 35.0 Å². The highest BCUT2D eigenvalue weighted by Gasteiger charge is 2.33. The van der Waals surface area contributed by atoms with Crippen molar-refractivity contribution in [2.24, 2.45) is 0 Å². The molecular formula is C8H5BrF4O. The Morgan fingerprint density at radius 1 is 1.29 bits per heavy atom. The van der Waals surface area contributed by atoms with Crippen molar-refractivity contribution in [1.82, 2.24) is 0 Å². The summed E-state index contributed by atoms with van der Waals surface area (Å²) >= 11 is 2.84. The smallest absolute Gasteiger partial charge is 0.404 e. The van der Waals surface area contributed by atoms with Gasteiger partial charge in [-0.15, -0.1) is 13.2 Å². The molecule has 1 nitrogen and oxygen atoms in total. The second kappa shape index (κ2) is 3.76. The van der Waals surface area contributed by atoms with E-state index in [2.05, 4.69) is 20.7 Å². The van der Waals surface area contributed by atoms with Gasteiger partial charge in [-0.3, -0.25) is 0 Å². The first-order valence-corrected chi connectivity index (χ1v) is 4.31. The SMILES string of the molecule is Cc1c(F)ccc(Br)c1OC(F)(F)F. The fourth-order valence-electron chi connectivity index (χ4n) is 0.876. The molecule has 0 N–H and O–H groups in total. The normalized spacial score (nSPS) is 11.6. The van der Waals surface area contributed by atoms with Gasteiger partial charge in [0.2, 0.25) is 0 Å². The Labute approximate surface area is 85.8 Å². The van der Waals surface area contributed by atoms with Crippen molar-refractivity contribution in [3.05, 3.63) is 28.0 Å². The maximum atomic E-state index is 12.9. The topological polar surface area (TPSA) is 9.23 Å². The summed E-state index contributed by atoms with van der Waals surface area (Å²) in [5.41, 5.74) is -0.184. The fraction of sp³-hybridized carbons (Fsp3) is 0.250. The summed E-state index contributed by atoms with van der Waals surface area (Å²) in [6.45, 7) is 1.21. The van der Waals surface area contributed by atoms with E-state index in [9.17, 15) is 17.6 Å². The van der Waals surface area contributed by atoms with E-state index in [1.165, 1.54) is 6.92 Å². The minimum absolute atomic E-state index is 0.0636. The Morgan fingerprint density at radius 3 is 2.36 bits per heavy atom. The molecule has 0 atom stereocenters. The van der Waals surface area contributed by atoms with E-state index < -0.39 is 17.9 Å². The quantitative estimate of drug-likeness (QED) is 0.707. The zero-order valence-corrected chi connectivity index (χ0v) is 8.54. The molecule has 78 valence electrons. The predicted octanol–water partition coefficient (Wildman–Crippen LogP) is 3.80. The van der Waals surface area contributed by atoms with Crippen LogP contribution in [0.2, 0.25) is 0 Å². The van der Waals surface area contributed by atoms with Gasteiger partial charge < -0.3 is 4.74 Å². The van der Waals surface area contributed by atoms with Crippen molar-refractivity contribution >= 4 is 15.9 Å². The maximum Gasteiger partial charge on any atom is 0.573 e. The molecule has 0 aliphatic heterocycles. The molecule has 0 radical (unpaired) electrons. The standard InChI is InChI=1S/C8H5BrF4O/c1-4-6(10)3-2-5(9)7(4)14-8(11,12)13/h2-3H,1H3. The van der Waals surface area contributed by atoms with Crippen molar-refractivity contribution in [3.63, 3.8) is 0 Å². The first kappa shape index (κ1) is 11.3. The molecular weight excluding hydrogens is 268 g/mol. The predicted molar refractivity (Wildman–Crippen MR) is 45.5 cm³/mol. The largest absolute Gasteiger partial charge is 0.573 e.